The van der Waals surface area contributed by atoms with Gasteiger partial charge in [-0.1, -0.05) is 19.4 Å². The number of carbonyl (C=O) groups excluding carboxylic acids is 1. The molecule has 2 fully saturated rings. The van der Waals surface area contributed by atoms with Crippen LogP contribution in [0.5, 0.6) is 0 Å². The van der Waals surface area contributed by atoms with E-state index in [2.05, 4.69) is 17.2 Å². The largest absolute Gasteiger partial charge is 0.416 e. The number of carbonyl (C=O) groups is 1. The van der Waals surface area contributed by atoms with E-state index in [4.69, 9.17) is 0 Å². The number of nitrogens with zero attached hydrogens (tertiary/aromatic N) is 1. The van der Waals surface area contributed by atoms with Crippen molar-refractivity contribution < 1.29 is 44.3 Å². The van der Waals surface area contributed by atoms with Crippen LogP contribution in [-0.4, -0.2) is 49.7 Å². The Labute approximate surface area is 214 Å². The normalized spacial score (nSPS) is 19.4. The molecule has 1 aliphatic heterocycles. The molecule has 13 heteroatoms. The second-order valence-corrected chi connectivity index (χ2v) is 9.98. The van der Waals surface area contributed by atoms with E-state index in [1.165, 1.54) is 0 Å². The van der Waals surface area contributed by atoms with E-state index in [1.54, 1.807) is 0 Å². The summed E-state index contributed by atoms with van der Waals surface area (Å²) in [7, 11) is 0. The second kappa shape index (κ2) is 11.4. The molecule has 1 saturated carbocycles. The summed E-state index contributed by atoms with van der Waals surface area (Å²) in [4.78, 5) is 14.3. The highest BCUT2D eigenvalue weighted by Gasteiger charge is 2.60. The van der Waals surface area contributed by atoms with Gasteiger partial charge < -0.3 is 15.5 Å². The first-order valence-corrected chi connectivity index (χ1v) is 12.3. The van der Waals surface area contributed by atoms with Crippen molar-refractivity contribution in [1.82, 2.24) is 15.5 Å². The zero-order valence-electron chi connectivity index (χ0n) is 20.6. The number of nitrogens with one attached hydrogen (secondary N) is 2. The predicted octanol–water partition coefficient (Wildman–Crippen LogP) is 6.24. The molecule has 2 aliphatic rings. The molecule has 0 radical (unpaired) electrons. The van der Waals surface area contributed by atoms with Crippen LogP contribution in [0.1, 0.15) is 55.2 Å². The maximum Gasteiger partial charge on any atom is 0.416 e. The zero-order valence-corrected chi connectivity index (χ0v) is 20.6. The predicted molar refractivity (Wildman–Crippen MR) is 123 cm³/mol. The smallest absolute Gasteiger partial charge is 0.385 e. The third-order valence-corrected chi connectivity index (χ3v) is 7.40. The molecule has 1 aromatic carbocycles. The van der Waals surface area contributed by atoms with Crippen molar-refractivity contribution >= 4 is 11.6 Å². The van der Waals surface area contributed by atoms with E-state index in [-0.39, 0.29) is 49.2 Å². The van der Waals surface area contributed by atoms with Crippen LogP contribution in [-0.2, 0) is 17.1 Å². The van der Waals surface area contributed by atoms with Gasteiger partial charge in [-0.2, -0.15) is 39.5 Å². The Morgan fingerprint density at radius 1 is 0.895 bits per heavy atom. The Morgan fingerprint density at radius 2 is 1.42 bits per heavy atom. The van der Waals surface area contributed by atoms with Crippen LogP contribution in [0.15, 0.2) is 24.8 Å². The van der Waals surface area contributed by atoms with Gasteiger partial charge in [0.05, 0.1) is 11.1 Å². The fourth-order valence-corrected chi connectivity index (χ4v) is 5.03. The SMILES string of the molecule is C=C(NCC1CCN(CCNC(=O)C2(C(F)(F)F)CCCC2)CC1)c1cc(C(F)(F)F)cc(C(F)(F)F)c1. The molecule has 1 saturated heterocycles. The summed E-state index contributed by atoms with van der Waals surface area (Å²) in [6, 6.07) is 1.30. The number of halogens is 9. The van der Waals surface area contributed by atoms with Crippen LogP contribution in [0.4, 0.5) is 39.5 Å². The molecule has 4 nitrogen and oxygen atoms in total. The number of alkyl halides is 9. The lowest BCUT2D eigenvalue weighted by atomic mass is 9.84. The van der Waals surface area contributed by atoms with E-state index < -0.39 is 41.0 Å². The van der Waals surface area contributed by atoms with Crippen LogP contribution in [0, 0.1) is 11.3 Å². The average Bonchev–Trinajstić information content (AvgIpc) is 3.34. The third-order valence-electron chi connectivity index (χ3n) is 7.40. The number of hydrogen-bond acceptors (Lipinski definition) is 3. The van der Waals surface area contributed by atoms with Gasteiger partial charge in [-0.15, -0.1) is 0 Å². The van der Waals surface area contributed by atoms with E-state index in [9.17, 15) is 44.3 Å². The Bertz CT molecular complexity index is 955. The first-order chi connectivity index (χ1) is 17.5. The maximum atomic E-state index is 13.5. The first-order valence-electron chi connectivity index (χ1n) is 12.3. The van der Waals surface area contributed by atoms with Crippen molar-refractivity contribution in [2.75, 3.05) is 32.7 Å². The molecule has 1 heterocycles. The first kappa shape index (κ1) is 30.1. The van der Waals surface area contributed by atoms with Crippen molar-refractivity contribution in [1.29, 1.82) is 0 Å². The standard InChI is InChI=1S/C25H30F9N3O/c1-16(18-12-19(23(26,27)28)14-20(13-18)24(29,30)31)36-15-17-4-9-37(10-5-17)11-8-35-21(38)22(25(32,33)34)6-2-3-7-22/h12-14,17,36H,1-11,15H2,(H,35,38). The van der Waals surface area contributed by atoms with Crippen LogP contribution in [0.3, 0.4) is 0 Å². The van der Waals surface area contributed by atoms with Crippen LogP contribution in [0.2, 0.25) is 0 Å². The Balaban J connectivity index is 1.46. The Morgan fingerprint density at radius 3 is 1.89 bits per heavy atom. The third kappa shape index (κ3) is 7.15. The molecular formula is C25H30F9N3O. The van der Waals surface area contributed by atoms with Crippen molar-refractivity contribution in [3.8, 4) is 0 Å². The van der Waals surface area contributed by atoms with E-state index in [0.29, 0.717) is 57.5 Å². The summed E-state index contributed by atoms with van der Waals surface area (Å²) >= 11 is 0. The summed E-state index contributed by atoms with van der Waals surface area (Å²) in [5.74, 6) is -0.916. The molecule has 3 rings (SSSR count). The summed E-state index contributed by atoms with van der Waals surface area (Å²) in [5, 5.41) is 5.27. The molecule has 214 valence electrons. The zero-order chi connectivity index (χ0) is 28.4. The van der Waals surface area contributed by atoms with Crippen molar-refractivity contribution in [2.24, 2.45) is 11.3 Å². The van der Waals surface area contributed by atoms with Crippen LogP contribution >= 0.6 is 0 Å². The second-order valence-electron chi connectivity index (χ2n) is 9.98. The van der Waals surface area contributed by atoms with Crippen molar-refractivity contribution in [2.45, 2.75) is 57.1 Å². The molecule has 0 bridgehead atoms. The lowest BCUT2D eigenvalue weighted by molar-refractivity contribution is -0.220. The fourth-order valence-electron chi connectivity index (χ4n) is 5.03. The average molecular weight is 560 g/mol. The number of hydrogen-bond donors (Lipinski definition) is 2. The van der Waals surface area contributed by atoms with E-state index >= 15 is 0 Å². The van der Waals surface area contributed by atoms with Gasteiger partial charge >= 0.3 is 18.5 Å². The lowest BCUT2D eigenvalue weighted by Crippen LogP contribution is -2.50. The molecule has 0 aromatic heterocycles. The molecule has 1 aromatic rings. The molecular weight excluding hydrogens is 529 g/mol. The summed E-state index contributed by atoms with van der Waals surface area (Å²) in [6.45, 7) is 5.51. The van der Waals surface area contributed by atoms with Gasteiger partial charge in [0.2, 0.25) is 5.91 Å². The van der Waals surface area contributed by atoms with Gasteiger partial charge in [-0.05, 0) is 68.5 Å². The van der Waals surface area contributed by atoms with Gasteiger partial charge in [0.15, 0.2) is 0 Å². The number of amides is 1. The van der Waals surface area contributed by atoms with Crippen LogP contribution in [0.25, 0.3) is 5.70 Å². The minimum atomic E-state index is -4.95. The highest BCUT2D eigenvalue weighted by atomic mass is 19.4. The molecule has 0 atom stereocenters. The van der Waals surface area contributed by atoms with Gasteiger partial charge in [0.1, 0.15) is 5.41 Å². The number of piperidine rings is 1. The molecule has 0 unspecified atom stereocenters. The van der Waals surface area contributed by atoms with E-state index in [1.807, 2.05) is 4.90 Å². The van der Waals surface area contributed by atoms with Crippen molar-refractivity contribution in [3.05, 3.63) is 41.5 Å². The maximum absolute atomic E-state index is 13.5. The summed E-state index contributed by atoms with van der Waals surface area (Å²) in [6.07, 6.45) is -12.9. The van der Waals surface area contributed by atoms with Crippen molar-refractivity contribution in [3.63, 3.8) is 0 Å². The molecule has 38 heavy (non-hydrogen) atoms. The Hall–Kier alpha value is -2.44. The quantitative estimate of drug-likeness (QED) is 0.371. The van der Waals surface area contributed by atoms with Gasteiger partial charge in [-0.3, -0.25) is 4.79 Å². The molecule has 1 amide bonds. The molecule has 1 aliphatic carbocycles. The summed E-state index contributed by atoms with van der Waals surface area (Å²) in [5.41, 5.74) is -5.51. The number of rotatable bonds is 8. The minimum absolute atomic E-state index is 0.0581. The minimum Gasteiger partial charge on any atom is -0.385 e. The topological polar surface area (TPSA) is 44.4 Å². The molecule has 2 N–H and O–H groups in total. The number of benzene rings is 1. The van der Waals surface area contributed by atoms with Gasteiger partial charge in [-0.25, -0.2) is 0 Å². The van der Waals surface area contributed by atoms with Crippen LogP contribution < -0.4 is 10.6 Å². The van der Waals surface area contributed by atoms with Gasteiger partial charge in [0, 0.05) is 25.3 Å². The molecule has 0 spiro atoms. The highest BCUT2D eigenvalue weighted by Crippen LogP contribution is 2.50. The Kier molecular flexibility index (Phi) is 8.99. The monoisotopic (exact) mass is 559 g/mol. The summed E-state index contributed by atoms with van der Waals surface area (Å²) < 4.78 is 119. The number of likely N-dealkylation sites (tertiary alicyclic amines) is 1. The fraction of sp³-hybridized carbons (Fsp3) is 0.640. The van der Waals surface area contributed by atoms with Gasteiger partial charge in [0.25, 0.3) is 0 Å². The highest BCUT2D eigenvalue weighted by molar-refractivity contribution is 5.83. The van der Waals surface area contributed by atoms with E-state index in [0.717, 1.165) is 0 Å². The lowest BCUT2D eigenvalue weighted by Gasteiger charge is -2.33.